The van der Waals surface area contributed by atoms with Gasteiger partial charge in [0.1, 0.15) is 22.9 Å². The molecule has 5 aromatic rings. The predicted molar refractivity (Wildman–Crippen MR) is 146 cm³/mol. The topological polar surface area (TPSA) is 33.5 Å². The van der Waals surface area contributed by atoms with Crippen LogP contribution in [0.25, 0.3) is 27.4 Å². The SMILES string of the molecule is Cc1cc(-c2ccccc2)cc(C)[n+]1CCCc1nnc(-[n+]2c(C)cc(-c3ccccc3)cc2C)s1. The third-order valence-electron chi connectivity index (χ3n) is 6.65. The number of aryl methyl sites for hydroxylation is 5. The van der Waals surface area contributed by atoms with Gasteiger partial charge in [0.05, 0.1) is 5.10 Å². The van der Waals surface area contributed by atoms with Gasteiger partial charge < -0.3 is 0 Å². The van der Waals surface area contributed by atoms with Crippen molar-refractivity contribution in [2.24, 2.45) is 0 Å². The third-order valence-corrected chi connectivity index (χ3v) is 7.62. The Hall–Kier alpha value is -3.70. The van der Waals surface area contributed by atoms with Crippen LogP contribution in [0.2, 0.25) is 0 Å². The highest BCUT2D eigenvalue weighted by Crippen LogP contribution is 2.22. The number of aromatic nitrogens is 4. The molecule has 0 unspecified atom stereocenters. The van der Waals surface area contributed by atoms with E-state index in [1.54, 1.807) is 11.3 Å². The Kier molecular flexibility index (Phi) is 7.01. The normalized spacial score (nSPS) is 11.1. The highest BCUT2D eigenvalue weighted by Gasteiger charge is 2.21. The quantitative estimate of drug-likeness (QED) is 0.250. The lowest BCUT2D eigenvalue weighted by Gasteiger charge is -2.08. The molecule has 0 aliphatic carbocycles. The van der Waals surface area contributed by atoms with Gasteiger partial charge in [0, 0.05) is 38.8 Å². The van der Waals surface area contributed by atoms with Crippen LogP contribution in [0.1, 0.15) is 34.2 Å². The maximum atomic E-state index is 4.54. The van der Waals surface area contributed by atoms with E-state index in [1.807, 2.05) is 0 Å². The smallest absolute Gasteiger partial charge is 0.200 e. The van der Waals surface area contributed by atoms with E-state index in [-0.39, 0.29) is 0 Å². The van der Waals surface area contributed by atoms with Crippen LogP contribution in [0.15, 0.2) is 84.9 Å². The molecule has 3 heterocycles. The molecule has 2 aromatic carbocycles. The number of hydrogen-bond donors (Lipinski definition) is 0. The molecule has 0 amide bonds. The summed E-state index contributed by atoms with van der Waals surface area (Å²) in [4.78, 5) is 0. The zero-order valence-electron chi connectivity index (χ0n) is 21.4. The maximum absolute atomic E-state index is 4.54. The highest BCUT2D eigenvalue weighted by atomic mass is 32.1. The standard InChI is InChI=1S/C31H32N4S/c1-22-18-28(26-12-7-5-8-13-26)19-23(2)34(22)17-11-16-30-32-33-31(36-30)35-24(3)20-29(21-25(35)4)27-14-9-6-10-15-27/h5-10,12-15,18-21H,11,16-17H2,1-4H3/q+2. The van der Waals surface area contributed by atoms with Gasteiger partial charge in [-0.05, 0) is 64.7 Å². The minimum atomic E-state index is 0.921. The van der Waals surface area contributed by atoms with E-state index in [0.717, 1.165) is 40.9 Å². The zero-order chi connectivity index (χ0) is 25.1. The molecule has 0 bridgehead atoms. The van der Waals surface area contributed by atoms with Gasteiger partial charge in [-0.3, -0.25) is 0 Å². The second-order valence-electron chi connectivity index (χ2n) is 9.35. The Morgan fingerprint density at radius 2 is 1.11 bits per heavy atom. The van der Waals surface area contributed by atoms with Crippen molar-refractivity contribution in [1.82, 2.24) is 10.2 Å². The summed E-state index contributed by atoms with van der Waals surface area (Å²) < 4.78 is 4.61. The molecule has 180 valence electrons. The van der Waals surface area contributed by atoms with Gasteiger partial charge in [-0.1, -0.05) is 60.7 Å². The minimum absolute atomic E-state index is 0.921. The van der Waals surface area contributed by atoms with Crippen molar-refractivity contribution in [1.29, 1.82) is 0 Å². The van der Waals surface area contributed by atoms with Crippen molar-refractivity contribution in [3.63, 3.8) is 0 Å². The van der Waals surface area contributed by atoms with Crippen molar-refractivity contribution in [2.75, 3.05) is 0 Å². The fourth-order valence-corrected chi connectivity index (χ4v) is 5.90. The highest BCUT2D eigenvalue weighted by molar-refractivity contribution is 7.13. The van der Waals surface area contributed by atoms with Crippen molar-refractivity contribution < 1.29 is 9.13 Å². The fourth-order valence-electron chi connectivity index (χ4n) is 4.90. The molecule has 0 saturated heterocycles. The molecule has 0 atom stereocenters. The van der Waals surface area contributed by atoms with Gasteiger partial charge in [0.25, 0.3) is 0 Å². The number of pyridine rings is 2. The largest absolute Gasteiger partial charge is 0.415 e. The van der Waals surface area contributed by atoms with E-state index < -0.39 is 0 Å². The molecular weight excluding hydrogens is 460 g/mol. The molecule has 0 aliphatic rings. The summed E-state index contributed by atoms with van der Waals surface area (Å²) in [6, 6.07) is 30.1. The summed E-state index contributed by atoms with van der Waals surface area (Å²) in [6.45, 7) is 9.65. The average Bonchev–Trinajstić information content (AvgIpc) is 3.34. The number of benzene rings is 2. The fraction of sp³-hybridized carbons (Fsp3) is 0.226. The second kappa shape index (κ2) is 10.5. The molecule has 4 nitrogen and oxygen atoms in total. The first-order valence-corrected chi connectivity index (χ1v) is 13.3. The van der Waals surface area contributed by atoms with Crippen molar-refractivity contribution in [2.45, 2.75) is 47.1 Å². The van der Waals surface area contributed by atoms with Crippen LogP contribution in [-0.2, 0) is 13.0 Å². The van der Waals surface area contributed by atoms with E-state index in [2.05, 4.69) is 132 Å². The molecule has 0 N–H and O–H groups in total. The summed E-state index contributed by atoms with van der Waals surface area (Å²) in [5, 5.41) is 11.1. The zero-order valence-corrected chi connectivity index (χ0v) is 22.2. The van der Waals surface area contributed by atoms with Gasteiger partial charge in [-0.15, -0.1) is 0 Å². The van der Waals surface area contributed by atoms with Gasteiger partial charge in [0.2, 0.25) is 0 Å². The number of rotatable bonds is 7. The summed E-state index contributed by atoms with van der Waals surface area (Å²) in [6.07, 6.45) is 1.95. The second-order valence-corrected chi connectivity index (χ2v) is 10.4. The van der Waals surface area contributed by atoms with E-state index in [1.165, 1.54) is 33.6 Å². The molecule has 0 aliphatic heterocycles. The first kappa shape index (κ1) is 24.0. The molecule has 5 heteroatoms. The molecule has 36 heavy (non-hydrogen) atoms. The third kappa shape index (κ3) is 5.12. The van der Waals surface area contributed by atoms with Crippen LogP contribution in [0.3, 0.4) is 0 Å². The Morgan fingerprint density at radius 1 is 0.611 bits per heavy atom. The minimum Gasteiger partial charge on any atom is -0.200 e. The lowest BCUT2D eigenvalue weighted by molar-refractivity contribution is -0.708. The average molecular weight is 493 g/mol. The number of hydrogen-bond acceptors (Lipinski definition) is 3. The molecular formula is C31H32N4S+2. The van der Waals surface area contributed by atoms with Crippen molar-refractivity contribution in [3.05, 3.63) is 113 Å². The predicted octanol–water partition coefficient (Wildman–Crippen LogP) is 6.30. The lowest BCUT2D eigenvalue weighted by Crippen LogP contribution is -2.40. The summed E-state index contributed by atoms with van der Waals surface area (Å²) >= 11 is 1.69. The van der Waals surface area contributed by atoms with E-state index >= 15 is 0 Å². The van der Waals surface area contributed by atoms with Crippen molar-refractivity contribution in [3.8, 4) is 27.4 Å². The Labute approximate surface area is 217 Å². The molecule has 0 radical (unpaired) electrons. The molecule has 0 saturated carbocycles. The lowest BCUT2D eigenvalue weighted by atomic mass is 10.0. The first-order valence-electron chi connectivity index (χ1n) is 12.5. The maximum Gasteiger partial charge on any atom is 0.415 e. The van der Waals surface area contributed by atoms with Crippen LogP contribution in [0.4, 0.5) is 0 Å². The Balaban J connectivity index is 1.28. The molecule has 0 spiro atoms. The Morgan fingerprint density at radius 3 is 1.64 bits per heavy atom. The van der Waals surface area contributed by atoms with Gasteiger partial charge >= 0.3 is 5.13 Å². The summed E-state index contributed by atoms with van der Waals surface area (Å²) in [5.74, 6) is 0. The summed E-state index contributed by atoms with van der Waals surface area (Å²) in [5.41, 5.74) is 9.89. The van der Waals surface area contributed by atoms with Crippen LogP contribution < -0.4 is 9.13 Å². The molecule has 0 fully saturated rings. The van der Waals surface area contributed by atoms with Crippen LogP contribution in [0.5, 0.6) is 0 Å². The van der Waals surface area contributed by atoms with E-state index in [0.29, 0.717) is 0 Å². The summed E-state index contributed by atoms with van der Waals surface area (Å²) in [7, 11) is 0. The van der Waals surface area contributed by atoms with Crippen LogP contribution in [-0.4, -0.2) is 10.2 Å². The molecule has 5 rings (SSSR count). The number of nitrogens with zero attached hydrogens (tertiary/aromatic N) is 4. The van der Waals surface area contributed by atoms with Gasteiger partial charge in [0.15, 0.2) is 11.4 Å². The van der Waals surface area contributed by atoms with E-state index in [9.17, 15) is 0 Å². The van der Waals surface area contributed by atoms with Crippen molar-refractivity contribution >= 4 is 11.3 Å². The monoisotopic (exact) mass is 492 g/mol. The van der Waals surface area contributed by atoms with E-state index in [4.69, 9.17) is 0 Å². The van der Waals surface area contributed by atoms with Gasteiger partial charge in [-0.25, -0.2) is 4.57 Å². The van der Waals surface area contributed by atoms with Gasteiger partial charge in [-0.2, -0.15) is 4.57 Å². The van der Waals surface area contributed by atoms with Crippen LogP contribution in [0, 0.1) is 27.7 Å². The first-order chi connectivity index (χ1) is 17.5. The van der Waals surface area contributed by atoms with Crippen LogP contribution >= 0.6 is 11.3 Å². The Bertz CT molecular complexity index is 1440. The molecule has 3 aromatic heterocycles.